The van der Waals surface area contributed by atoms with E-state index in [0.717, 1.165) is 12.3 Å². The van der Waals surface area contributed by atoms with E-state index in [-0.39, 0.29) is 5.56 Å². The Morgan fingerprint density at radius 2 is 2.21 bits per heavy atom. The van der Waals surface area contributed by atoms with E-state index in [1.165, 1.54) is 6.92 Å². The maximum absolute atomic E-state index is 12.3. The first kappa shape index (κ1) is 9.42. The Morgan fingerprint density at radius 1 is 1.57 bits per heavy atom. The number of rotatable bonds is 2. The molecule has 3 nitrogen and oxygen atoms in total. The number of hydrogen-bond acceptors (Lipinski definition) is 3. The Labute approximate surface area is 80.1 Å². The predicted octanol–water partition coefficient (Wildman–Crippen LogP) is 2.05. The number of alkyl halides is 3. The van der Waals surface area contributed by atoms with Gasteiger partial charge in [-0.1, -0.05) is 0 Å². The second-order valence-corrected chi connectivity index (χ2v) is 2.63. The number of halogens is 3. The molecule has 0 saturated heterocycles. The fraction of sp³-hybridized carbons (Fsp3) is 0.375. The summed E-state index contributed by atoms with van der Waals surface area (Å²) >= 11 is 0. The van der Waals surface area contributed by atoms with Crippen LogP contribution in [-0.4, -0.2) is 4.98 Å². The van der Waals surface area contributed by atoms with Gasteiger partial charge in [0, 0.05) is 18.0 Å². The number of nitrogens with two attached hydrogens (primary N) is 1. The molecule has 6 heteroatoms. The van der Waals surface area contributed by atoms with Crippen molar-refractivity contribution in [2.75, 3.05) is 0 Å². The van der Waals surface area contributed by atoms with Crippen molar-refractivity contribution in [3.05, 3.63) is 29.6 Å². The van der Waals surface area contributed by atoms with Crippen molar-refractivity contribution in [3.63, 3.8) is 0 Å². The van der Waals surface area contributed by atoms with Crippen molar-refractivity contribution in [3.8, 4) is 0 Å². The van der Waals surface area contributed by atoms with Crippen LogP contribution >= 0.6 is 0 Å². The summed E-state index contributed by atoms with van der Waals surface area (Å²) in [5, 5.41) is 0. The van der Waals surface area contributed by atoms with Gasteiger partial charge in [-0.2, -0.15) is 13.2 Å². The molecule has 14 heavy (non-hydrogen) atoms. The summed E-state index contributed by atoms with van der Waals surface area (Å²) in [4.78, 5) is 7.64. The van der Waals surface area contributed by atoms with Gasteiger partial charge in [0.05, 0.1) is 6.93 Å². The van der Waals surface area contributed by atoms with Gasteiger partial charge in [0.15, 0.2) is 0 Å². The highest BCUT2D eigenvalue weighted by molar-refractivity contribution is 5.22. The van der Waals surface area contributed by atoms with Crippen molar-refractivity contribution in [2.45, 2.75) is 19.2 Å². The first-order valence-electron chi connectivity index (χ1n) is 4.18. The minimum absolute atomic E-state index is 0.0557. The summed E-state index contributed by atoms with van der Waals surface area (Å²) in [6, 6.07) is 0.785. The lowest BCUT2D eigenvalue weighted by Gasteiger charge is -2.11. The monoisotopic (exact) mass is 207 g/mol. The summed E-state index contributed by atoms with van der Waals surface area (Å²) in [6.45, 7) is 1.23. The minimum atomic E-state index is -4.49. The molecule has 0 fully saturated rings. The smallest absolute Gasteiger partial charge is 0.297 e. The van der Waals surface area contributed by atoms with Crippen LogP contribution in [0.2, 0.25) is 0 Å². The number of pyridine rings is 1. The lowest BCUT2D eigenvalue weighted by Crippen LogP contribution is -2.10. The van der Waals surface area contributed by atoms with Crippen LogP contribution in [0.5, 0.6) is 0 Å². The molecule has 1 heterocycles. The largest absolute Gasteiger partial charge is 0.417 e. The highest BCUT2D eigenvalue weighted by Crippen LogP contribution is 2.30. The maximum atomic E-state index is 12.3. The van der Waals surface area contributed by atoms with Gasteiger partial charge in [0.1, 0.15) is 6.08 Å². The van der Waals surface area contributed by atoms with E-state index < -0.39 is 17.8 Å². The second-order valence-electron chi connectivity index (χ2n) is 2.63. The average molecular weight is 207 g/mol. The average Bonchev–Trinajstić information content (AvgIpc) is 2.17. The molecule has 0 aliphatic heterocycles. The molecule has 0 saturated carbocycles. The number of aromatic nitrogens is 1. The van der Waals surface area contributed by atoms with Gasteiger partial charge < -0.3 is 0 Å². The zero-order valence-corrected chi connectivity index (χ0v) is 7.30. The summed E-state index contributed by atoms with van der Waals surface area (Å²) in [5.74, 6) is 4.80. The molecular weight excluding hydrogens is 197 g/mol. The summed E-state index contributed by atoms with van der Waals surface area (Å²) < 4.78 is 44.3. The quantitative estimate of drug-likeness (QED) is 0.755. The molecule has 0 aliphatic carbocycles. The van der Waals surface area contributed by atoms with E-state index in [1.54, 1.807) is 0 Å². The van der Waals surface area contributed by atoms with Gasteiger partial charge in [-0.25, -0.2) is 5.90 Å². The van der Waals surface area contributed by atoms with E-state index in [4.69, 9.17) is 7.27 Å². The molecule has 1 atom stereocenters. The van der Waals surface area contributed by atoms with Crippen molar-refractivity contribution in [2.24, 2.45) is 5.90 Å². The van der Waals surface area contributed by atoms with E-state index >= 15 is 0 Å². The minimum Gasteiger partial charge on any atom is -0.297 e. The molecule has 0 aliphatic rings. The molecule has 0 bridgehead atoms. The SMILES string of the molecule is [2H]C(C)(ON)c1cncc(C(F)(F)F)c1. The molecule has 78 valence electrons. The van der Waals surface area contributed by atoms with Crippen LogP contribution in [0.1, 0.15) is 25.5 Å². The van der Waals surface area contributed by atoms with Crippen LogP contribution in [0.4, 0.5) is 13.2 Å². The zero-order chi connectivity index (χ0) is 11.7. The van der Waals surface area contributed by atoms with Gasteiger partial charge in [-0.05, 0) is 13.0 Å². The second kappa shape index (κ2) is 3.93. The zero-order valence-electron chi connectivity index (χ0n) is 8.30. The summed E-state index contributed by atoms with van der Waals surface area (Å²) in [7, 11) is 0. The molecule has 0 amide bonds. The molecule has 1 rings (SSSR count). The van der Waals surface area contributed by atoms with Crippen molar-refractivity contribution >= 4 is 0 Å². The highest BCUT2D eigenvalue weighted by Gasteiger charge is 2.31. The molecule has 0 spiro atoms. The first-order valence-corrected chi connectivity index (χ1v) is 3.68. The van der Waals surface area contributed by atoms with Crippen LogP contribution < -0.4 is 5.90 Å². The third kappa shape index (κ3) is 2.43. The van der Waals surface area contributed by atoms with Crippen LogP contribution in [-0.2, 0) is 11.0 Å². The maximum Gasteiger partial charge on any atom is 0.417 e. The third-order valence-corrected chi connectivity index (χ3v) is 1.65. The Balaban J connectivity index is 3.14. The first-order chi connectivity index (χ1) is 6.77. The Hall–Kier alpha value is -1.14. The number of nitrogens with zero attached hydrogens (tertiary/aromatic N) is 1. The van der Waals surface area contributed by atoms with Crippen LogP contribution in [0.25, 0.3) is 0 Å². The van der Waals surface area contributed by atoms with Crippen molar-refractivity contribution < 1.29 is 19.4 Å². The summed E-state index contributed by atoms with van der Waals surface area (Å²) in [6.07, 6.45) is -4.45. The standard InChI is InChI=1S/C8H9F3N2O/c1-5(14-12)6-2-7(4-13-3-6)8(9,10)11/h2-5H,12H2,1H3/i5D. The Bertz CT molecular complexity index is 354. The van der Waals surface area contributed by atoms with Crippen molar-refractivity contribution in [1.82, 2.24) is 4.98 Å². The topological polar surface area (TPSA) is 48.1 Å². The molecule has 2 N–H and O–H groups in total. The van der Waals surface area contributed by atoms with Gasteiger partial charge in [0.2, 0.25) is 0 Å². The number of hydrogen-bond donors (Lipinski definition) is 1. The van der Waals surface area contributed by atoms with E-state index in [0.29, 0.717) is 6.20 Å². The third-order valence-electron chi connectivity index (χ3n) is 1.65. The molecular formula is C8H9F3N2O. The van der Waals surface area contributed by atoms with Crippen LogP contribution in [0.15, 0.2) is 18.5 Å². The van der Waals surface area contributed by atoms with Gasteiger partial charge in [-0.15, -0.1) is 0 Å². The van der Waals surface area contributed by atoms with Crippen LogP contribution in [0, 0.1) is 0 Å². The summed E-state index contributed by atoms with van der Waals surface area (Å²) in [5.41, 5.74) is -0.990. The lowest BCUT2D eigenvalue weighted by molar-refractivity contribution is -0.138. The predicted molar refractivity (Wildman–Crippen MR) is 42.9 cm³/mol. The Kier molecular flexibility index (Phi) is 2.64. The van der Waals surface area contributed by atoms with Gasteiger partial charge >= 0.3 is 6.18 Å². The van der Waals surface area contributed by atoms with E-state index in [2.05, 4.69) is 9.82 Å². The highest BCUT2D eigenvalue weighted by atomic mass is 19.4. The molecule has 1 aromatic heterocycles. The van der Waals surface area contributed by atoms with E-state index in [1.807, 2.05) is 0 Å². The van der Waals surface area contributed by atoms with Crippen LogP contribution in [0.3, 0.4) is 0 Å². The molecule has 1 aromatic rings. The lowest BCUT2D eigenvalue weighted by atomic mass is 10.1. The van der Waals surface area contributed by atoms with Crippen molar-refractivity contribution in [1.29, 1.82) is 0 Å². The molecule has 0 aromatic carbocycles. The fourth-order valence-electron chi connectivity index (χ4n) is 0.856. The molecule has 0 radical (unpaired) electrons. The van der Waals surface area contributed by atoms with Gasteiger partial charge in [0.25, 0.3) is 0 Å². The normalized spacial score (nSPS) is 17.4. The van der Waals surface area contributed by atoms with E-state index in [9.17, 15) is 13.2 Å². The molecule has 1 unspecified atom stereocenters. The Morgan fingerprint density at radius 3 is 2.71 bits per heavy atom. The fourth-order valence-corrected chi connectivity index (χ4v) is 0.856. The van der Waals surface area contributed by atoms with Gasteiger partial charge in [-0.3, -0.25) is 9.82 Å².